The number of amides is 1. The first-order chi connectivity index (χ1) is 12.4. The summed E-state index contributed by atoms with van der Waals surface area (Å²) in [5, 5.41) is 7.04. The normalized spacial score (nSPS) is 10.8. The van der Waals surface area contributed by atoms with Crippen LogP contribution in [0.15, 0.2) is 48.5 Å². The third-order valence-electron chi connectivity index (χ3n) is 4.18. The van der Waals surface area contributed by atoms with Crippen molar-refractivity contribution >= 4 is 5.91 Å². The molecule has 1 amide bonds. The molecule has 26 heavy (non-hydrogen) atoms. The summed E-state index contributed by atoms with van der Waals surface area (Å²) in [5.74, 6) is -0.836. The molecule has 0 aliphatic heterocycles. The lowest BCUT2D eigenvalue weighted by Gasteiger charge is -2.03. The van der Waals surface area contributed by atoms with Gasteiger partial charge in [-0.1, -0.05) is 12.1 Å². The van der Waals surface area contributed by atoms with Crippen molar-refractivity contribution in [2.45, 2.75) is 13.3 Å². The summed E-state index contributed by atoms with van der Waals surface area (Å²) in [6.07, 6.45) is 0.600. The summed E-state index contributed by atoms with van der Waals surface area (Å²) in [7, 11) is 1.74. The smallest absolute Gasteiger partial charge is 0.271 e. The molecule has 0 atom stereocenters. The van der Waals surface area contributed by atoms with Crippen LogP contribution in [0, 0.1) is 18.6 Å². The summed E-state index contributed by atoms with van der Waals surface area (Å²) < 4.78 is 27.9. The topological polar surface area (TPSA) is 46.9 Å². The Kier molecular flexibility index (Phi) is 5.11. The van der Waals surface area contributed by atoms with Crippen LogP contribution in [-0.2, 0) is 13.5 Å². The average Bonchev–Trinajstić information content (AvgIpc) is 3.01. The molecule has 0 saturated carbocycles. The third kappa shape index (κ3) is 3.96. The fourth-order valence-electron chi connectivity index (χ4n) is 2.71. The zero-order valence-corrected chi connectivity index (χ0v) is 14.6. The second-order valence-corrected chi connectivity index (χ2v) is 6.13. The van der Waals surface area contributed by atoms with Crippen molar-refractivity contribution in [3.05, 3.63) is 77.0 Å². The molecule has 1 aromatic heterocycles. The SMILES string of the molecule is Cc1cc(-c2cc(C(=O)NCCc3ccc(F)cc3)nn2C)ccc1F. The van der Waals surface area contributed by atoms with Gasteiger partial charge in [-0.3, -0.25) is 9.48 Å². The lowest BCUT2D eigenvalue weighted by atomic mass is 10.1. The summed E-state index contributed by atoms with van der Waals surface area (Å²) >= 11 is 0. The van der Waals surface area contributed by atoms with Gasteiger partial charge in [0.15, 0.2) is 5.69 Å². The predicted molar refractivity (Wildman–Crippen MR) is 95.8 cm³/mol. The Balaban J connectivity index is 1.66. The zero-order chi connectivity index (χ0) is 18.7. The Morgan fingerprint density at radius 3 is 2.54 bits per heavy atom. The van der Waals surface area contributed by atoms with Gasteiger partial charge in [0.05, 0.1) is 5.69 Å². The fourth-order valence-corrected chi connectivity index (χ4v) is 2.71. The Bertz CT molecular complexity index is 933. The number of benzene rings is 2. The summed E-state index contributed by atoms with van der Waals surface area (Å²) in [4.78, 5) is 12.3. The maximum atomic E-state index is 13.4. The van der Waals surface area contributed by atoms with E-state index in [0.29, 0.717) is 24.2 Å². The number of carbonyl (C=O) groups is 1. The van der Waals surface area contributed by atoms with Gasteiger partial charge in [0.2, 0.25) is 0 Å². The quantitative estimate of drug-likeness (QED) is 0.759. The van der Waals surface area contributed by atoms with Crippen LogP contribution in [0.25, 0.3) is 11.3 Å². The van der Waals surface area contributed by atoms with Gasteiger partial charge in [0.1, 0.15) is 11.6 Å². The molecule has 2 aromatic carbocycles. The van der Waals surface area contributed by atoms with Gasteiger partial charge in [-0.2, -0.15) is 5.10 Å². The molecular formula is C20H19F2N3O. The molecule has 1 N–H and O–H groups in total. The molecule has 6 heteroatoms. The molecule has 3 aromatic rings. The van der Waals surface area contributed by atoms with Crippen LogP contribution in [0.2, 0.25) is 0 Å². The molecule has 0 bridgehead atoms. The largest absolute Gasteiger partial charge is 0.350 e. The molecule has 0 saturated heterocycles. The van der Waals surface area contributed by atoms with E-state index in [-0.39, 0.29) is 17.5 Å². The monoisotopic (exact) mass is 355 g/mol. The molecule has 1 heterocycles. The van der Waals surface area contributed by atoms with E-state index in [1.54, 1.807) is 49.0 Å². The van der Waals surface area contributed by atoms with Crippen LogP contribution in [-0.4, -0.2) is 22.2 Å². The summed E-state index contributed by atoms with van der Waals surface area (Å²) in [6, 6.07) is 12.6. The highest BCUT2D eigenvalue weighted by Crippen LogP contribution is 2.22. The number of aryl methyl sites for hydroxylation is 2. The highest BCUT2D eigenvalue weighted by molar-refractivity contribution is 5.93. The summed E-state index contributed by atoms with van der Waals surface area (Å²) in [6.45, 7) is 2.12. The lowest BCUT2D eigenvalue weighted by molar-refractivity contribution is 0.0948. The van der Waals surface area contributed by atoms with Crippen molar-refractivity contribution in [2.75, 3.05) is 6.54 Å². The Hall–Kier alpha value is -3.02. The van der Waals surface area contributed by atoms with Gasteiger partial charge in [0, 0.05) is 19.2 Å². The van der Waals surface area contributed by atoms with Crippen molar-refractivity contribution in [2.24, 2.45) is 7.05 Å². The summed E-state index contributed by atoms with van der Waals surface area (Å²) in [5.41, 5.74) is 3.30. The van der Waals surface area contributed by atoms with E-state index in [2.05, 4.69) is 10.4 Å². The standard InChI is InChI=1S/C20H19F2N3O/c1-13-11-15(5-8-17(13)22)19-12-18(24-25(19)2)20(26)23-10-9-14-3-6-16(21)7-4-14/h3-8,11-12H,9-10H2,1-2H3,(H,23,26). The van der Waals surface area contributed by atoms with Crippen molar-refractivity contribution in [1.29, 1.82) is 0 Å². The number of aromatic nitrogens is 2. The Labute approximate surface area is 150 Å². The zero-order valence-electron chi connectivity index (χ0n) is 14.6. The predicted octanol–water partition coefficient (Wildman–Crippen LogP) is 3.65. The van der Waals surface area contributed by atoms with E-state index in [0.717, 1.165) is 16.8 Å². The van der Waals surface area contributed by atoms with Crippen LogP contribution in [0.4, 0.5) is 8.78 Å². The Morgan fingerprint density at radius 1 is 1.12 bits per heavy atom. The maximum absolute atomic E-state index is 13.4. The molecular weight excluding hydrogens is 336 g/mol. The average molecular weight is 355 g/mol. The van der Waals surface area contributed by atoms with E-state index >= 15 is 0 Å². The molecule has 0 fully saturated rings. The second kappa shape index (κ2) is 7.47. The molecule has 0 aliphatic carbocycles. The number of rotatable bonds is 5. The van der Waals surface area contributed by atoms with Crippen LogP contribution < -0.4 is 5.32 Å². The number of carbonyl (C=O) groups excluding carboxylic acids is 1. The first-order valence-electron chi connectivity index (χ1n) is 8.27. The van der Waals surface area contributed by atoms with Crippen molar-refractivity contribution < 1.29 is 13.6 Å². The Morgan fingerprint density at radius 2 is 1.85 bits per heavy atom. The van der Waals surface area contributed by atoms with Gasteiger partial charge < -0.3 is 5.32 Å². The van der Waals surface area contributed by atoms with Crippen LogP contribution in [0.1, 0.15) is 21.6 Å². The van der Waals surface area contributed by atoms with E-state index in [9.17, 15) is 13.6 Å². The highest BCUT2D eigenvalue weighted by Gasteiger charge is 2.14. The van der Waals surface area contributed by atoms with E-state index in [1.165, 1.54) is 18.2 Å². The molecule has 0 spiro atoms. The molecule has 0 unspecified atom stereocenters. The van der Waals surface area contributed by atoms with Crippen molar-refractivity contribution in [1.82, 2.24) is 15.1 Å². The maximum Gasteiger partial charge on any atom is 0.271 e. The van der Waals surface area contributed by atoms with Gasteiger partial charge in [0.25, 0.3) is 5.91 Å². The van der Waals surface area contributed by atoms with E-state index in [1.807, 2.05) is 0 Å². The minimum atomic E-state index is -0.284. The molecule has 4 nitrogen and oxygen atoms in total. The number of nitrogens with zero attached hydrogens (tertiary/aromatic N) is 2. The lowest BCUT2D eigenvalue weighted by Crippen LogP contribution is -2.26. The molecule has 3 rings (SSSR count). The van der Waals surface area contributed by atoms with Gasteiger partial charge in [-0.15, -0.1) is 0 Å². The van der Waals surface area contributed by atoms with E-state index < -0.39 is 0 Å². The fraction of sp³-hybridized carbons (Fsp3) is 0.200. The third-order valence-corrected chi connectivity index (χ3v) is 4.18. The number of hydrogen-bond donors (Lipinski definition) is 1. The second-order valence-electron chi connectivity index (χ2n) is 6.13. The van der Waals surface area contributed by atoms with Crippen LogP contribution >= 0.6 is 0 Å². The van der Waals surface area contributed by atoms with Crippen LogP contribution in [0.3, 0.4) is 0 Å². The number of halogens is 2. The molecule has 0 aliphatic rings. The number of nitrogens with one attached hydrogen (secondary N) is 1. The minimum absolute atomic E-state index is 0.269. The number of hydrogen-bond acceptors (Lipinski definition) is 2. The van der Waals surface area contributed by atoms with Gasteiger partial charge in [-0.05, 0) is 60.9 Å². The van der Waals surface area contributed by atoms with Crippen molar-refractivity contribution in [3.8, 4) is 11.3 Å². The first kappa shape index (κ1) is 17.8. The molecule has 134 valence electrons. The van der Waals surface area contributed by atoms with Crippen molar-refractivity contribution in [3.63, 3.8) is 0 Å². The molecule has 0 radical (unpaired) electrons. The highest BCUT2D eigenvalue weighted by atomic mass is 19.1. The van der Waals surface area contributed by atoms with Gasteiger partial charge in [-0.25, -0.2) is 8.78 Å². The minimum Gasteiger partial charge on any atom is -0.350 e. The van der Waals surface area contributed by atoms with Crippen LogP contribution in [0.5, 0.6) is 0 Å². The first-order valence-corrected chi connectivity index (χ1v) is 8.27. The van der Waals surface area contributed by atoms with E-state index in [4.69, 9.17) is 0 Å². The van der Waals surface area contributed by atoms with Gasteiger partial charge >= 0.3 is 0 Å².